The summed E-state index contributed by atoms with van der Waals surface area (Å²) in [5.41, 5.74) is 1.14. The van der Waals surface area contributed by atoms with Crippen molar-refractivity contribution in [1.82, 2.24) is 4.90 Å². The van der Waals surface area contributed by atoms with Crippen LogP contribution in [0.3, 0.4) is 0 Å². The first kappa shape index (κ1) is 25.4. The van der Waals surface area contributed by atoms with Crippen LogP contribution < -0.4 is 0 Å². The van der Waals surface area contributed by atoms with Gasteiger partial charge in [-0.15, -0.1) is 0 Å². The summed E-state index contributed by atoms with van der Waals surface area (Å²) in [6, 6.07) is 10.2. The number of carbonyl (C=O) groups excluding carboxylic acids is 1. The molecule has 1 amide bonds. The van der Waals surface area contributed by atoms with E-state index in [0.29, 0.717) is 43.4 Å². The molecule has 0 aromatic heterocycles. The second kappa shape index (κ2) is 12.8. The largest absolute Gasteiger partial charge is 0.481 e. The Morgan fingerprint density at radius 2 is 1.87 bits per heavy atom. The summed E-state index contributed by atoms with van der Waals surface area (Å²) >= 11 is 0. The van der Waals surface area contributed by atoms with Gasteiger partial charge < -0.3 is 15.1 Å². The quantitative estimate of drug-likeness (QED) is 0.465. The van der Waals surface area contributed by atoms with E-state index in [9.17, 15) is 14.7 Å². The molecule has 0 bridgehead atoms. The number of nitrogens with zero attached hydrogens (tertiary/aromatic N) is 1. The summed E-state index contributed by atoms with van der Waals surface area (Å²) in [4.78, 5) is 25.7. The van der Waals surface area contributed by atoms with Crippen molar-refractivity contribution in [3.05, 3.63) is 35.9 Å². The van der Waals surface area contributed by atoms with Crippen molar-refractivity contribution in [2.45, 2.75) is 90.7 Å². The normalized spacial score (nSPS) is 20.0. The van der Waals surface area contributed by atoms with Crippen molar-refractivity contribution in [3.63, 3.8) is 0 Å². The molecular weight excluding hydrogens is 390 g/mol. The van der Waals surface area contributed by atoms with Crippen LogP contribution in [0.25, 0.3) is 0 Å². The number of carboxylic acids is 1. The van der Waals surface area contributed by atoms with E-state index in [2.05, 4.69) is 25.7 Å². The first-order chi connectivity index (χ1) is 14.8. The maximum absolute atomic E-state index is 12.8. The molecule has 1 aromatic carbocycles. The molecule has 0 aliphatic carbocycles. The lowest BCUT2D eigenvalue weighted by Gasteiger charge is -2.40. The highest BCUT2D eigenvalue weighted by Crippen LogP contribution is 2.30. The number of amides is 1. The molecule has 0 spiro atoms. The van der Waals surface area contributed by atoms with E-state index in [1.54, 1.807) is 0 Å². The van der Waals surface area contributed by atoms with Crippen LogP contribution >= 0.6 is 0 Å². The highest BCUT2D eigenvalue weighted by Gasteiger charge is 2.31. The molecule has 1 fully saturated rings. The Balaban J connectivity index is 1.92. The minimum Gasteiger partial charge on any atom is -0.481 e. The summed E-state index contributed by atoms with van der Waals surface area (Å²) in [5.74, 6) is 0.671. The molecule has 2 unspecified atom stereocenters. The summed E-state index contributed by atoms with van der Waals surface area (Å²) in [6.45, 7) is 7.32. The van der Waals surface area contributed by atoms with Gasteiger partial charge in [-0.1, -0.05) is 51.1 Å². The average molecular weight is 432 g/mol. The van der Waals surface area contributed by atoms with Gasteiger partial charge in [-0.25, -0.2) is 0 Å². The van der Waals surface area contributed by atoms with Crippen molar-refractivity contribution < 1.29 is 19.8 Å². The molecule has 2 rings (SSSR count). The fourth-order valence-electron chi connectivity index (χ4n) is 5.13. The zero-order valence-electron chi connectivity index (χ0n) is 19.5. The van der Waals surface area contributed by atoms with Crippen LogP contribution in [-0.2, 0) is 16.0 Å². The maximum Gasteiger partial charge on any atom is 0.303 e. The van der Waals surface area contributed by atoms with Crippen molar-refractivity contribution in [2.75, 3.05) is 6.54 Å². The number of hydrogen-bond acceptors (Lipinski definition) is 3. The number of aliphatic hydroxyl groups excluding tert-OH is 1. The molecule has 1 aromatic rings. The third kappa shape index (κ3) is 8.64. The van der Waals surface area contributed by atoms with Crippen molar-refractivity contribution in [2.24, 2.45) is 17.8 Å². The molecular formula is C26H41NO4. The van der Waals surface area contributed by atoms with Crippen LogP contribution in [0.5, 0.6) is 0 Å². The number of benzene rings is 1. The van der Waals surface area contributed by atoms with E-state index in [0.717, 1.165) is 37.8 Å². The number of aliphatic hydroxyl groups is 1. The molecule has 2 N–H and O–H groups in total. The highest BCUT2D eigenvalue weighted by molar-refractivity contribution is 5.77. The summed E-state index contributed by atoms with van der Waals surface area (Å²) in [7, 11) is 0. The molecule has 4 atom stereocenters. The molecule has 5 nitrogen and oxygen atoms in total. The Hall–Kier alpha value is -1.88. The van der Waals surface area contributed by atoms with E-state index in [-0.39, 0.29) is 18.4 Å². The maximum atomic E-state index is 12.8. The first-order valence-electron chi connectivity index (χ1n) is 12.0. The molecule has 5 heteroatoms. The molecule has 0 saturated carbocycles. The third-order valence-electron chi connectivity index (χ3n) is 6.84. The van der Waals surface area contributed by atoms with E-state index in [1.165, 1.54) is 0 Å². The number of aliphatic carboxylic acids is 1. The fraction of sp³-hybridized carbons (Fsp3) is 0.692. The summed E-state index contributed by atoms with van der Waals surface area (Å²) in [5, 5.41) is 19.5. The third-order valence-corrected chi connectivity index (χ3v) is 6.84. The second-order valence-corrected chi connectivity index (χ2v) is 9.68. The van der Waals surface area contributed by atoms with Crippen LogP contribution in [0.1, 0.15) is 77.7 Å². The Labute approximate surface area is 187 Å². The average Bonchev–Trinajstić information content (AvgIpc) is 2.71. The SMILES string of the molecule is CC(C)C(CCCC(=O)O)[C@H](C)CN1C(=O)CCC[C@@H]1CCC(O)Cc1ccccc1. The van der Waals surface area contributed by atoms with Crippen LogP contribution in [0, 0.1) is 17.8 Å². The van der Waals surface area contributed by atoms with Crippen LogP contribution in [-0.4, -0.2) is 45.7 Å². The highest BCUT2D eigenvalue weighted by atomic mass is 16.4. The lowest BCUT2D eigenvalue weighted by molar-refractivity contribution is -0.138. The molecule has 31 heavy (non-hydrogen) atoms. The van der Waals surface area contributed by atoms with E-state index < -0.39 is 12.1 Å². The Kier molecular flexibility index (Phi) is 10.5. The van der Waals surface area contributed by atoms with Gasteiger partial charge in [-0.2, -0.15) is 0 Å². The van der Waals surface area contributed by atoms with Gasteiger partial charge in [-0.05, 0) is 68.3 Å². The lowest BCUT2D eigenvalue weighted by atomic mass is 9.80. The number of piperidine rings is 1. The number of carbonyl (C=O) groups is 2. The molecule has 1 heterocycles. The minimum absolute atomic E-state index is 0.195. The monoisotopic (exact) mass is 431 g/mol. The number of rotatable bonds is 13. The van der Waals surface area contributed by atoms with Gasteiger partial charge >= 0.3 is 5.97 Å². The van der Waals surface area contributed by atoms with Crippen molar-refractivity contribution in [1.29, 1.82) is 0 Å². The van der Waals surface area contributed by atoms with Gasteiger partial charge in [0.25, 0.3) is 0 Å². The molecule has 1 aliphatic rings. The predicted molar refractivity (Wildman–Crippen MR) is 124 cm³/mol. The molecule has 174 valence electrons. The van der Waals surface area contributed by atoms with Gasteiger partial charge in [0.1, 0.15) is 0 Å². The lowest BCUT2D eigenvalue weighted by Crippen LogP contribution is -2.47. The van der Waals surface area contributed by atoms with Gasteiger partial charge in [0, 0.05) is 25.4 Å². The van der Waals surface area contributed by atoms with Gasteiger partial charge in [0.15, 0.2) is 0 Å². The van der Waals surface area contributed by atoms with Crippen molar-refractivity contribution >= 4 is 11.9 Å². The smallest absolute Gasteiger partial charge is 0.303 e. The van der Waals surface area contributed by atoms with Crippen molar-refractivity contribution in [3.8, 4) is 0 Å². The Morgan fingerprint density at radius 1 is 1.16 bits per heavy atom. The standard InChI is InChI=1S/C26H41NO4/c1-19(2)24(12-8-14-26(30)31)20(3)18-27-22(11-7-13-25(27)29)15-16-23(28)17-21-9-5-4-6-10-21/h4-6,9-10,19-20,22-24,28H,7-8,11-18H2,1-3H3,(H,30,31)/t20-,22-,23?,24?/m1/s1. The summed E-state index contributed by atoms with van der Waals surface area (Å²) < 4.78 is 0. The molecule has 1 saturated heterocycles. The first-order valence-corrected chi connectivity index (χ1v) is 12.0. The van der Waals surface area contributed by atoms with Gasteiger partial charge in [0.2, 0.25) is 5.91 Å². The number of carboxylic acid groups (broad SMARTS) is 1. The number of likely N-dealkylation sites (tertiary alicyclic amines) is 1. The van der Waals surface area contributed by atoms with Crippen LogP contribution in [0.15, 0.2) is 30.3 Å². The minimum atomic E-state index is -0.740. The zero-order valence-corrected chi connectivity index (χ0v) is 19.5. The number of hydrogen-bond donors (Lipinski definition) is 2. The zero-order chi connectivity index (χ0) is 22.8. The topological polar surface area (TPSA) is 77.8 Å². The molecule has 0 radical (unpaired) electrons. The van der Waals surface area contributed by atoms with E-state index in [4.69, 9.17) is 5.11 Å². The van der Waals surface area contributed by atoms with E-state index in [1.807, 2.05) is 30.3 Å². The van der Waals surface area contributed by atoms with Gasteiger partial charge in [0.05, 0.1) is 6.10 Å². The Bertz CT molecular complexity index is 675. The molecule has 1 aliphatic heterocycles. The van der Waals surface area contributed by atoms with Crippen LogP contribution in [0.2, 0.25) is 0 Å². The Morgan fingerprint density at radius 3 is 2.52 bits per heavy atom. The predicted octanol–water partition coefficient (Wildman–Crippen LogP) is 4.91. The van der Waals surface area contributed by atoms with Gasteiger partial charge in [-0.3, -0.25) is 9.59 Å². The second-order valence-electron chi connectivity index (χ2n) is 9.68. The van der Waals surface area contributed by atoms with E-state index >= 15 is 0 Å². The van der Waals surface area contributed by atoms with Crippen LogP contribution in [0.4, 0.5) is 0 Å². The summed E-state index contributed by atoms with van der Waals surface area (Å²) in [6.07, 6.45) is 6.11. The fourth-order valence-corrected chi connectivity index (χ4v) is 5.13.